The molecule has 0 unspecified atom stereocenters. The van der Waals surface area contributed by atoms with Crippen molar-refractivity contribution in [1.29, 1.82) is 0 Å². The van der Waals surface area contributed by atoms with Gasteiger partial charge >= 0.3 is 0 Å². The molecule has 3 heteroatoms. The fourth-order valence-electron chi connectivity index (χ4n) is 3.24. The van der Waals surface area contributed by atoms with Gasteiger partial charge < -0.3 is 10.1 Å². The van der Waals surface area contributed by atoms with Gasteiger partial charge in [-0.1, -0.05) is 13.8 Å². The van der Waals surface area contributed by atoms with Crippen molar-refractivity contribution in [3.8, 4) is 0 Å². The highest BCUT2D eigenvalue weighted by molar-refractivity contribution is 4.94. The Balaban J connectivity index is 1.89. The molecule has 3 nitrogen and oxygen atoms in total. The maximum atomic E-state index is 5.65. The molecule has 0 aromatic heterocycles. The Hall–Kier alpha value is -0.120. The monoisotopic (exact) mass is 240 g/mol. The number of nitrogens with zero attached hydrogens (tertiary/aromatic N) is 1. The van der Waals surface area contributed by atoms with Gasteiger partial charge in [0.2, 0.25) is 0 Å². The highest BCUT2D eigenvalue weighted by atomic mass is 16.5. The molecule has 0 spiro atoms. The van der Waals surface area contributed by atoms with Gasteiger partial charge in [0.1, 0.15) is 0 Å². The summed E-state index contributed by atoms with van der Waals surface area (Å²) in [7, 11) is 0. The van der Waals surface area contributed by atoms with Crippen LogP contribution >= 0.6 is 0 Å². The van der Waals surface area contributed by atoms with E-state index in [1.165, 1.54) is 39.0 Å². The molecular weight excluding hydrogens is 212 g/mol. The first-order valence-electron chi connectivity index (χ1n) is 7.16. The smallest absolute Gasteiger partial charge is 0.0511 e. The molecule has 2 saturated heterocycles. The van der Waals surface area contributed by atoms with Gasteiger partial charge in [0.15, 0.2) is 0 Å². The number of piperidine rings is 1. The molecule has 0 radical (unpaired) electrons. The molecule has 2 heterocycles. The molecule has 1 atom stereocenters. The van der Waals surface area contributed by atoms with Crippen LogP contribution in [0.15, 0.2) is 0 Å². The maximum Gasteiger partial charge on any atom is 0.0511 e. The second kappa shape index (κ2) is 5.68. The summed E-state index contributed by atoms with van der Waals surface area (Å²) in [6, 6.07) is 0.808. The van der Waals surface area contributed by atoms with Crippen molar-refractivity contribution in [3.05, 3.63) is 0 Å². The van der Waals surface area contributed by atoms with E-state index in [0.717, 1.165) is 19.3 Å². The lowest BCUT2D eigenvalue weighted by Gasteiger charge is -2.32. The largest absolute Gasteiger partial charge is 0.381 e. The summed E-state index contributed by atoms with van der Waals surface area (Å²) in [4.78, 5) is 2.71. The zero-order valence-corrected chi connectivity index (χ0v) is 11.7. The Bertz CT molecular complexity index is 236. The van der Waals surface area contributed by atoms with Crippen LogP contribution in [0.3, 0.4) is 0 Å². The normalized spacial score (nSPS) is 30.9. The third-order valence-electron chi connectivity index (χ3n) is 4.52. The predicted octanol–water partition coefficient (Wildman–Crippen LogP) is 1.73. The van der Waals surface area contributed by atoms with Gasteiger partial charge in [-0.15, -0.1) is 0 Å². The topological polar surface area (TPSA) is 24.5 Å². The molecule has 1 N–H and O–H groups in total. The van der Waals surface area contributed by atoms with Gasteiger partial charge in [0.25, 0.3) is 0 Å². The second-order valence-electron chi connectivity index (χ2n) is 6.26. The first kappa shape index (κ1) is 13.3. The Morgan fingerprint density at radius 3 is 2.65 bits per heavy atom. The standard InChI is InChI=1S/C14H28N2O/c1-4-17-10-12-9-16(11-14(12,2)3)13-5-7-15-8-6-13/h12-13,15H,4-11H2,1-3H3/t12-/m1/s1. The Labute approximate surface area is 106 Å². The van der Waals surface area contributed by atoms with Crippen molar-refractivity contribution in [2.45, 2.75) is 39.7 Å². The van der Waals surface area contributed by atoms with E-state index in [0.29, 0.717) is 11.3 Å². The molecule has 100 valence electrons. The lowest BCUT2D eigenvalue weighted by atomic mass is 9.83. The number of rotatable bonds is 4. The SMILES string of the molecule is CCOC[C@H]1CN(C2CCNCC2)CC1(C)C. The Kier molecular flexibility index (Phi) is 4.45. The highest BCUT2D eigenvalue weighted by Crippen LogP contribution is 2.37. The van der Waals surface area contributed by atoms with E-state index in [9.17, 15) is 0 Å². The van der Waals surface area contributed by atoms with Gasteiger partial charge in [-0.25, -0.2) is 0 Å². The molecule has 2 aliphatic heterocycles. The minimum atomic E-state index is 0.417. The van der Waals surface area contributed by atoms with Crippen molar-refractivity contribution in [3.63, 3.8) is 0 Å². The van der Waals surface area contributed by atoms with Gasteiger partial charge in [-0.05, 0) is 38.3 Å². The van der Waals surface area contributed by atoms with Crippen molar-refractivity contribution in [1.82, 2.24) is 10.2 Å². The van der Waals surface area contributed by atoms with E-state index in [1.807, 2.05) is 0 Å². The van der Waals surface area contributed by atoms with E-state index < -0.39 is 0 Å². The third kappa shape index (κ3) is 3.21. The summed E-state index contributed by atoms with van der Waals surface area (Å²) in [6.45, 7) is 13.5. The second-order valence-corrected chi connectivity index (χ2v) is 6.26. The predicted molar refractivity (Wildman–Crippen MR) is 71.2 cm³/mol. The summed E-state index contributed by atoms with van der Waals surface area (Å²) < 4.78 is 5.65. The molecule has 0 bridgehead atoms. The number of hydrogen-bond donors (Lipinski definition) is 1. The number of nitrogens with one attached hydrogen (secondary N) is 1. The summed E-state index contributed by atoms with van der Waals surface area (Å²) in [6.07, 6.45) is 2.63. The van der Waals surface area contributed by atoms with Crippen LogP contribution in [0.25, 0.3) is 0 Å². The van der Waals surface area contributed by atoms with Crippen LogP contribution in [0, 0.1) is 11.3 Å². The molecule has 2 rings (SSSR count). The van der Waals surface area contributed by atoms with Crippen LogP contribution in [0.5, 0.6) is 0 Å². The molecule has 0 amide bonds. The molecule has 17 heavy (non-hydrogen) atoms. The highest BCUT2D eigenvalue weighted by Gasteiger charge is 2.41. The quantitative estimate of drug-likeness (QED) is 0.810. The number of hydrogen-bond acceptors (Lipinski definition) is 3. The molecule has 2 fully saturated rings. The van der Waals surface area contributed by atoms with Gasteiger partial charge in [0.05, 0.1) is 6.61 Å². The first-order valence-corrected chi connectivity index (χ1v) is 7.16. The lowest BCUT2D eigenvalue weighted by Crippen LogP contribution is -2.42. The molecule has 2 aliphatic rings. The van der Waals surface area contributed by atoms with E-state index in [4.69, 9.17) is 4.74 Å². The average molecular weight is 240 g/mol. The van der Waals surface area contributed by atoms with Crippen LogP contribution in [0.1, 0.15) is 33.6 Å². The van der Waals surface area contributed by atoms with Crippen LogP contribution in [-0.2, 0) is 4.74 Å². The molecule has 0 aromatic rings. The van der Waals surface area contributed by atoms with Crippen molar-refractivity contribution < 1.29 is 4.74 Å². The van der Waals surface area contributed by atoms with Crippen LogP contribution in [-0.4, -0.2) is 50.3 Å². The van der Waals surface area contributed by atoms with E-state index in [-0.39, 0.29) is 0 Å². The van der Waals surface area contributed by atoms with Crippen molar-refractivity contribution >= 4 is 0 Å². The summed E-state index contributed by atoms with van der Waals surface area (Å²) in [5.41, 5.74) is 0.417. The average Bonchev–Trinajstić information content (AvgIpc) is 2.63. The van der Waals surface area contributed by atoms with E-state index in [2.05, 4.69) is 31.0 Å². The first-order chi connectivity index (χ1) is 8.13. The molecule has 0 saturated carbocycles. The maximum absolute atomic E-state index is 5.65. The van der Waals surface area contributed by atoms with E-state index in [1.54, 1.807) is 0 Å². The summed E-state index contributed by atoms with van der Waals surface area (Å²) >= 11 is 0. The zero-order chi connectivity index (χ0) is 12.3. The summed E-state index contributed by atoms with van der Waals surface area (Å²) in [5.74, 6) is 0.706. The lowest BCUT2D eigenvalue weighted by molar-refractivity contribution is 0.0792. The minimum Gasteiger partial charge on any atom is -0.381 e. The number of ether oxygens (including phenoxy) is 1. The molecule has 0 aliphatic carbocycles. The minimum absolute atomic E-state index is 0.417. The van der Waals surface area contributed by atoms with E-state index >= 15 is 0 Å². The van der Waals surface area contributed by atoms with Gasteiger partial charge in [-0.2, -0.15) is 0 Å². The molecular formula is C14H28N2O. The molecule has 0 aromatic carbocycles. The van der Waals surface area contributed by atoms with Gasteiger partial charge in [-0.3, -0.25) is 4.90 Å². The van der Waals surface area contributed by atoms with Gasteiger partial charge in [0, 0.05) is 31.7 Å². The third-order valence-corrected chi connectivity index (χ3v) is 4.52. The summed E-state index contributed by atoms with van der Waals surface area (Å²) in [5, 5.41) is 3.45. The number of likely N-dealkylation sites (tertiary alicyclic amines) is 1. The van der Waals surface area contributed by atoms with Crippen molar-refractivity contribution in [2.75, 3.05) is 39.4 Å². The zero-order valence-electron chi connectivity index (χ0n) is 11.7. The fraction of sp³-hybridized carbons (Fsp3) is 1.00. The van der Waals surface area contributed by atoms with Crippen LogP contribution in [0.4, 0.5) is 0 Å². The Morgan fingerprint density at radius 2 is 2.00 bits per heavy atom. The van der Waals surface area contributed by atoms with Crippen LogP contribution < -0.4 is 5.32 Å². The van der Waals surface area contributed by atoms with Crippen LogP contribution in [0.2, 0.25) is 0 Å². The fourth-order valence-corrected chi connectivity index (χ4v) is 3.24. The van der Waals surface area contributed by atoms with Crippen molar-refractivity contribution in [2.24, 2.45) is 11.3 Å². The Morgan fingerprint density at radius 1 is 1.29 bits per heavy atom.